The molecule has 7 rings (SSSR count). The Kier molecular flexibility index (Phi) is 8.45. The molecule has 0 aliphatic rings. The van der Waals surface area contributed by atoms with E-state index in [2.05, 4.69) is 25.1 Å². The Morgan fingerprint density at radius 3 is 1.13 bits per heavy atom. The predicted octanol–water partition coefficient (Wildman–Crippen LogP) is 0.826. The highest BCUT2D eigenvalue weighted by atomic mass is 14.2. The Hall–Kier alpha value is -4.16. The molecular weight excluding hydrogens is 531 g/mol. The highest BCUT2D eigenvalue weighted by Gasteiger charge is 2.25. The van der Waals surface area contributed by atoms with Crippen molar-refractivity contribution in [3.8, 4) is 22.3 Å². The van der Waals surface area contributed by atoms with Crippen molar-refractivity contribution in [2.45, 2.75) is 6.92 Å². The van der Waals surface area contributed by atoms with Gasteiger partial charge in [0, 0.05) is 0 Å². The number of hydrogen-bond donors (Lipinski definition) is 0. The topological polar surface area (TPSA) is 0 Å². The van der Waals surface area contributed by atoms with E-state index in [1.54, 1.807) is 0 Å². The van der Waals surface area contributed by atoms with Crippen molar-refractivity contribution in [2.75, 3.05) is 0 Å². The second-order valence-corrected chi connectivity index (χ2v) is 11.1. The first-order chi connectivity index (χ1) is 21.6. The van der Waals surface area contributed by atoms with Gasteiger partial charge in [-0.05, 0) is 67.1 Å². The van der Waals surface area contributed by atoms with Crippen LogP contribution in [0.2, 0.25) is 0 Å². The lowest BCUT2D eigenvalue weighted by Gasteiger charge is -2.29. The van der Waals surface area contributed by atoms with Crippen molar-refractivity contribution in [3.05, 3.63) is 109 Å². The second-order valence-electron chi connectivity index (χ2n) is 11.1. The van der Waals surface area contributed by atoms with Crippen molar-refractivity contribution in [1.29, 1.82) is 0 Å². The predicted molar refractivity (Wildman–Crippen MR) is 204 cm³/mol. The van der Waals surface area contributed by atoms with Crippen LogP contribution in [0.15, 0.2) is 103 Å². The summed E-state index contributed by atoms with van der Waals surface area (Å²) in [4.78, 5) is 0. The standard InChI is InChI=1S/C31H14B8.C6H6/c1-13-11-12-17(16-10-6-5-9-15(13)16)19-22-20(24(32)28(36)30(38)26(22)34)18(14-7-3-2-4-8-14)21-23(19)27(35)31(39)29(37)25(21)33;1-2-4-6-5-3-1/h2-12H,1H3;1-6H. The van der Waals surface area contributed by atoms with E-state index in [0.29, 0.717) is 54.5 Å². The van der Waals surface area contributed by atoms with Gasteiger partial charge in [0.1, 0.15) is 62.8 Å². The van der Waals surface area contributed by atoms with Crippen molar-refractivity contribution in [3.63, 3.8) is 0 Å². The fraction of sp³-hybridized carbons (Fsp3) is 0.0270. The molecule has 7 aromatic carbocycles. The molecule has 16 radical (unpaired) electrons. The van der Waals surface area contributed by atoms with Gasteiger partial charge >= 0.3 is 0 Å². The first-order valence-electron chi connectivity index (χ1n) is 14.5. The molecule has 0 heterocycles. The summed E-state index contributed by atoms with van der Waals surface area (Å²) in [6.45, 7) is 2.07. The molecule has 0 nitrogen and oxygen atoms in total. The monoisotopic (exact) mass is 552 g/mol. The lowest BCUT2D eigenvalue weighted by Crippen LogP contribution is -2.50. The van der Waals surface area contributed by atoms with Crippen LogP contribution in [0.5, 0.6) is 0 Å². The zero-order chi connectivity index (χ0) is 32.0. The number of fused-ring (bicyclic) bond motifs is 3. The summed E-state index contributed by atoms with van der Waals surface area (Å²) in [5, 5.41) is 4.55. The Balaban J connectivity index is 0.000000535. The summed E-state index contributed by atoms with van der Waals surface area (Å²) in [5.41, 5.74) is 6.22. The van der Waals surface area contributed by atoms with Gasteiger partial charge in [0.25, 0.3) is 0 Å². The fourth-order valence-electron chi connectivity index (χ4n) is 6.16. The second kappa shape index (κ2) is 12.3. The van der Waals surface area contributed by atoms with Crippen LogP contribution in [-0.2, 0) is 0 Å². The molecule has 0 N–H and O–H groups in total. The normalized spacial score (nSPS) is 11.0. The summed E-state index contributed by atoms with van der Waals surface area (Å²) in [6.07, 6.45) is 0. The smallest absolute Gasteiger partial charge is 0.110 e. The molecule has 8 heteroatoms. The van der Waals surface area contributed by atoms with Gasteiger partial charge in [-0.25, -0.2) is 0 Å². The first kappa shape index (κ1) is 30.8. The van der Waals surface area contributed by atoms with Crippen LogP contribution in [0.4, 0.5) is 0 Å². The SMILES string of the molecule is [B]c1c([B])c([B])c2c(-c3ccc(C)c4ccccc34)c3c([B])c([B])c([B])c([B])c3c(-c3ccccc3)c2c1[B].c1ccccc1. The maximum atomic E-state index is 6.81. The van der Waals surface area contributed by atoms with Crippen LogP contribution in [0, 0.1) is 6.92 Å². The van der Waals surface area contributed by atoms with Crippen LogP contribution in [-0.4, -0.2) is 62.8 Å². The van der Waals surface area contributed by atoms with E-state index in [1.165, 1.54) is 0 Å². The fourth-order valence-corrected chi connectivity index (χ4v) is 6.16. The van der Waals surface area contributed by atoms with Crippen LogP contribution >= 0.6 is 0 Å². The largest absolute Gasteiger partial charge is 0.113 e. The molecule has 0 atom stereocenters. The number of aryl methyl sites for hydroxylation is 1. The van der Waals surface area contributed by atoms with Gasteiger partial charge in [0.15, 0.2) is 0 Å². The van der Waals surface area contributed by atoms with E-state index >= 15 is 0 Å². The lowest BCUT2D eigenvalue weighted by atomic mass is 9.59. The molecule has 0 spiro atoms. The van der Waals surface area contributed by atoms with Gasteiger partial charge in [0.05, 0.1) is 0 Å². The molecule has 0 fully saturated rings. The third-order valence-electron chi connectivity index (χ3n) is 8.46. The molecule has 192 valence electrons. The summed E-state index contributed by atoms with van der Waals surface area (Å²) in [7, 11) is 52.9. The zero-order valence-corrected chi connectivity index (χ0v) is 24.9. The van der Waals surface area contributed by atoms with Crippen LogP contribution < -0.4 is 43.7 Å². The summed E-state index contributed by atoms with van der Waals surface area (Å²) < 4.78 is 0. The Bertz CT molecular complexity index is 2140. The van der Waals surface area contributed by atoms with Crippen LogP contribution in [0.3, 0.4) is 0 Å². The molecular formula is C37H20B8. The van der Waals surface area contributed by atoms with E-state index in [9.17, 15) is 0 Å². The van der Waals surface area contributed by atoms with Crippen LogP contribution in [0.25, 0.3) is 54.6 Å². The molecule has 0 amide bonds. The highest BCUT2D eigenvalue weighted by Crippen LogP contribution is 2.42. The molecule has 0 unspecified atom stereocenters. The molecule has 0 aromatic heterocycles. The zero-order valence-electron chi connectivity index (χ0n) is 24.9. The Morgan fingerprint density at radius 2 is 0.689 bits per heavy atom. The van der Waals surface area contributed by atoms with E-state index in [1.807, 2.05) is 84.9 Å². The quantitative estimate of drug-likeness (QED) is 0.221. The summed E-state index contributed by atoms with van der Waals surface area (Å²) in [6, 6.07) is 33.9. The number of hydrogen-bond acceptors (Lipinski definition) is 0. The molecule has 45 heavy (non-hydrogen) atoms. The molecule has 0 aliphatic heterocycles. The van der Waals surface area contributed by atoms with Crippen molar-refractivity contribution in [1.82, 2.24) is 0 Å². The summed E-state index contributed by atoms with van der Waals surface area (Å²) >= 11 is 0. The van der Waals surface area contributed by atoms with E-state index in [4.69, 9.17) is 62.8 Å². The lowest BCUT2D eigenvalue weighted by molar-refractivity contribution is 1.53. The third-order valence-corrected chi connectivity index (χ3v) is 8.46. The first-order valence-corrected chi connectivity index (χ1v) is 14.5. The maximum Gasteiger partial charge on any atom is 0.113 e. The molecule has 0 saturated carbocycles. The van der Waals surface area contributed by atoms with Crippen molar-refractivity contribution < 1.29 is 0 Å². The van der Waals surface area contributed by atoms with Crippen molar-refractivity contribution >= 4 is 139 Å². The molecule has 0 bridgehead atoms. The highest BCUT2D eigenvalue weighted by molar-refractivity contribution is 6.71. The summed E-state index contributed by atoms with van der Waals surface area (Å²) in [5.74, 6) is 0. The maximum absolute atomic E-state index is 6.81. The average molecular weight is 551 g/mol. The number of rotatable bonds is 2. The van der Waals surface area contributed by atoms with Gasteiger partial charge in [-0.2, -0.15) is 0 Å². The average Bonchev–Trinajstić information content (AvgIpc) is 3.08. The van der Waals surface area contributed by atoms with Gasteiger partial charge in [-0.3, -0.25) is 0 Å². The number of benzene rings is 7. The van der Waals surface area contributed by atoms with Gasteiger partial charge in [-0.1, -0.05) is 125 Å². The van der Waals surface area contributed by atoms with Crippen molar-refractivity contribution in [2.24, 2.45) is 0 Å². The van der Waals surface area contributed by atoms with Crippen LogP contribution in [0.1, 0.15) is 5.56 Å². The Labute approximate surface area is 275 Å². The molecule has 7 aromatic rings. The van der Waals surface area contributed by atoms with E-state index in [0.717, 1.165) is 27.5 Å². The third kappa shape index (κ3) is 5.09. The minimum atomic E-state index is 0.200. The van der Waals surface area contributed by atoms with Gasteiger partial charge < -0.3 is 0 Å². The Morgan fingerprint density at radius 1 is 0.333 bits per heavy atom. The molecule has 0 saturated heterocycles. The minimum Gasteiger partial charge on any atom is -0.110 e. The molecule has 0 aliphatic carbocycles. The van der Waals surface area contributed by atoms with E-state index in [-0.39, 0.29) is 21.9 Å². The minimum absolute atomic E-state index is 0.200. The van der Waals surface area contributed by atoms with E-state index < -0.39 is 0 Å². The van der Waals surface area contributed by atoms with Gasteiger partial charge in [0.2, 0.25) is 0 Å². The van der Waals surface area contributed by atoms with Gasteiger partial charge in [-0.15, -0.1) is 21.9 Å².